The van der Waals surface area contributed by atoms with E-state index in [1.165, 1.54) is 16.7 Å². The fraction of sp³-hybridized carbons (Fsp3) is 0.312. The second-order valence-corrected chi connectivity index (χ2v) is 6.85. The molecule has 2 heterocycles. The highest BCUT2D eigenvalue weighted by molar-refractivity contribution is 8.26. The van der Waals surface area contributed by atoms with E-state index in [0.717, 1.165) is 5.56 Å². The minimum Gasteiger partial charge on any atom is -0.378 e. The van der Waals surface area contributed by atoms with Gasteiger partial charge in [-0.05, 0) is 11.6 Å². The Hall–Kier alpha value is -1.70. The first-order valence-electron chi connectivity index (χ1n) is 7.31. The molecule has 2 amide bonds. The molecule has 2 fully saturated rings. The van der Waals surface area contributed by atoms with Crippen LogP contribution in [-0.2, 0) is 14.3 Å². The fourth-order valence-electron chi connectivity index (χ4n) is 2.38. The Kier molecular flexibility index (Phi) is 5.09. The van der Waals surface area contributed by atoms with Gasteiger partial charge in [0, 0.05) is 13.1 Å². The van der Waals surface area contributed by atoms with Crippen LogP contribution in [-0.4, -0.2) is 58.8 Å². The summed E-state index contributed by atoms with van der Waals surface area (Å²) >= 11 is 6.50. The van der Waals surface area contributed by atoms with Gasteiger partial charge in [-0.3, -0.25) is 14.5 Å². The van der Waals surface area contributed by atoms with Gasteiger partial charge in [0.25, 0.3) is 5.91 Å². The lowest BCUT2D eigenvalue weighted by molar-refractivity contribution is -0.138. The smallest absolute Gasteiger partial charge is 0.266 e. The van der Waals surface area contributed by atoms with E-state index in [1.54, 1.807) is 11.0 Å². The molecule has 5 nitrogen and oxygen atoms in total. The Labute approximate surface area is 144 Å². The van der Waals surface area contributed by atoms with Crippen LogP contribution in [0.2, 0.25) is 0 Å². The number of nitrogens with zero attached hydrogens (tertiary/aromatic N) is 2. The van der Waals surface area contributed by atoms with E-state index < -0.39 is 0 Å². The summed E-state index contributed by atoms with van der Waals surface area (Å²) in [6, 6.07) is 9.59. The first-order chi connectivity index (χ1) is 11.1. The van der Waals surface area contributed by atoms with Gasteiger partial charge in [-0.15, -0.1) is 0 Å². The van der Waals surface area contributed by atoms with Crippen molar-refractivity contribution in [2.75, 3.05) is 32.8 Å². The first-order valence-corrected chi connectivity index (χ1v) is 8.53. The molecule has 7 heteroatoms. The van der Waals surface area contributed by atoms with Gasteiger partial charge in [0.2, 0.25) is 5.91 Å². The van der Waals surface area contributed by atoms with Crippen LogP contribution in [0, 0.1) is 0 Å². The van der Waals surface area contributed by atoms with Gasteiger partial charge in [0.1, 0.15) is 10.9 Å². The molecule has 2 aliphatic rings. The maximum absolute atomic E-state index is 12.5. The van der Waals surface area contributed by atoms with Crippen molar-refractivity contribution in [1.82, 2.24) is 9.80 Å². The SMILES string of the molecule is O=C(CN1C(=O)/C(=C/c2ccccc2)SC1=S)N1CCOCC1. The Balaban J connectivity index is 1.69. The summed E-state index contributed by atoms with van der Waals surface area (Å²) in [7, 11) is 0. The molecular formula is C16H16N2O3S2. The third-order valence-electron chi connectivity index (χ3n) is 3.63. The second-order valence-electron chi connectivity index (χ2n) is 5.17. The maximum atomic E-state index is 12.5. The zero-order valence-electron chi connectivity index (χ0n) is 12.4. The van der Waals surface area contributed by atoms with E-state index in [2.05, 4.69) is 0 Å². The largest absolute Gasteiger partial charge is 0.378 e. The molecule has 1 aromatic rings. The molecule has 0 N–H and O–H groups in total. The molecule has 120 valence electrons. The lowest BCUT2D eigenvalue weighted by Crippen LogP contribution is -2.46. The highest BCUT2D eigenvalue weighted by Crippen LogP contribution is 2.32. The maximum Gasteiger partial charge on any atom is 0.266 e. The fourth-order valence-corrected chi connectivity index (χ4v) is 3.64. The summed E-state index contributed by atoms with van der Waals surface area (Å²) < 4.78 is 5.66. The van der Waals surface area contributed by atoms with Crippen LogP contribution >= 0.6 is 24.0 Å². The lowest BCUT2D eigenvalue weighted by Gasteiger charge is -2.28. The van der Waals surface area contributed by atoms with E-state index in [-0.39, 0.29) is 18.4 Å². The molecule has 0 aliphatic carbocycles. The summed E-state index contributed by atoms with van der Waals surface area (Å²) in [6.45, 7) is 2.20. The Morgan fingerprint density at radius 2 is 1.96 bits per heavy atom. The summed E-state index contributed by atoms with van der Waals surface area (Å²) in [4.78, 5) is 28.4. The number of ether oxygens (including phenoxy) is 1. The van der Waals surface area contributed by atoms with Crippen LogP contribution in [0.25, 0.3) is 6.08 Å². The van der Waals surface area contributed by atoms with Crippen LogP contribution in [0.5, 0.6) is 0 Å². The van der Waals surface area contributed by atoms with Gasteiger partial charge in [0.15, 0.2) is 0 Å². The molecule has 0 bridgehead atoms. The lowest BCUT2D eigenvalue weighted by atomic mass is 10.2. The Morgan fingerprint density at radius 1 is 1.26 bits per heavy atom. The highest BCUT2D eigenvalue weighted by Gasteiger charge is 2.34. The second kappa shape index (κ2) is 7.25. The van der Waals surface area contributed by atoms with Crippen LogP contribution in [0.1, 0.15) is 5.56 Å². The summed E-state index contributed by atoms with van der Waals surface area (Å²) in [5.74, 6) is -0.295. The number of hydrogen-bond acceptors (Lipinski definition) is 5. The van der Waals surface area contributed by atoms with Crippen molar-refractivity contribution in [2.24, 2.45) is 0 Å². The summed E-state index contributed by atoms with van der Waals surface area (Å²) in [6.07, 6.45) is 1.80. The molecule has 23 heavy (non-hydrogen) atoms. The minimum absolute atomic E-state index is 0.00318. The van der Waals surface area contributed by atoms with Crippen LogP contribution < -0.4 is 0 Å². The topological polar surface area (TPSA) is 49.9 Å². The predicted octanol–water partition coefficient (Wildman–Crippen LogP) is 1.75. The average Bonchev–Trinajstić information content (AvgIpc) is 2.84. The van der Waals surface area contributed by atoms with E-state index in [0.29, 0.717) is 35.5 Å². The van der Waals surface area contributed by atoms with Gasteiger partial charge in [0.05, 0.1) is 18.1 Å². The van der Waals surface area contributed by atoms with Crippen molar-refractivity contribution in [3.05, 3.63) is 40.8 Å². The van der Waals surface area contributed by atoms with E-state index in [4.69, 9.17) is 17.0 Å². The highest BCUT2D eigenvalue weighted by atomic mass is 32.2. The molecule has 0 saturated carbocycles. The van der Waals surface area contributed by atoms with Crippen molar-refractivity contribution in [2.45, 2.75) is 0 Å². The number of thioether (sulfide) groups is 1. The monoisotopic (exact) mass is 348 g/mol. The molecule has 0 spiro atoms. The Bertz CT molecular complexity index is 655. The molecule has 1 aromatic carbocycles. The van der Waals surface area contributed by atoms with Crippen molar-refractivity contribution < 1.29 is 14.3 Å². The number of carbonyl (C=O) groups excluding carboxylic acids is 2. The zero-order valence-corrected chi connectivity index (χ0v) is 14.1. The number of amides is 2. The minimum atomic E-state index is -0.203. The number of benzene rings is 1. The molecule has 2 aliphatic heterocycles. The van der Waals surface area contributed by atoms with Crippen molar-refractivity contribution in [1.29, 1.82) is 0 Å². The third-order valence-corrected chi connectivity index (χ3v) is 5.01. The molecule has 0 atom stereocenters. The quantitative estimate of drug-likeness (QED) is 0.615. The summed E-state index contributed by atoms with van der Waals surface area (Å²) in [5.41, 5.74) is 0.938. The molecule has 0 unspecified atom stereocenters. The van der Waals surface area contributed by atoms with Crippen molar-refractivity contribution >= 4 is 46.2 Å². The average molecular weight is 348 g/mol. The number of thiocarbonyl (C=S) groups is 1. The van der Waals surface area contributed by atoms with Gasteiger partial charge < -0.3 is 9.64 Å². The summed E-state index contributed by atoms with van der Waals surface area (Å²) in [5, 5.41) is 0. The Morgan fingerprint density at radius 3 is 2.65 bits per heavy atom. The van der Waals surface area contributed by atoms with Crippen LogP contribution in [0.4, 0.5) is 0 Å². The molecule has 0 aromatic heterocycles. The predicted molar refractivity (Wildman–Crippen MR) is 93.7 cm³/mol. The van der Waals surface area contributed by atoms with Gasteiger partial charge in [-0.1, -0.05) is 54.3 Å². The molecule has 3 rings (SSSR count). The standard InChI is InChI=1S/C16H16N2O3S2/c19-14(17-6-8-21-9-7-17)11-18-15(20)13(23-16(18)22)10-12-4-2-1-3-5-12/h1-5,10H,6-9,11H2/b13-10-. The van der Waals surface area contributed by atoms with E-state index >= 15 is 0 Å². The van der Waals surface area contributed by atoms with Gasteiger partial charge in [-0.25, -0.2) is 0 Å². The number of carbonyl (C=O) groups is 2. The third kappa shape index (κ3) is 3.80. The number of morpholine rings is 1. The van der Waals surface area contributed by atoms with Crippen LogP contribution in [0.3, 0.4) is 0 Å². The van der Waals surface area contributed by atoms with Gasteiger partial charge >= 0.3 is 0 Å². The van der Waals surface area contributed by atoms with Gasteiger partial charge in [-0.2, -0.15) is 0 Å². The molecule has 0 radical (unpaired) electrons. The van der Waals surface area contributed by atoms with Crippen molar-refractivity contribution in [3.63, 3.8) is 0 Å². The van der Waals surface area contributed by atoms with E-state index in [1.807, 2.05) is 30.3 Å². The molecule has 2 saturated heterocycles. The molecular weight excluding hydrogens is 332 g/mol. The number of hydrogen-bond donors (Lipinski definition) is 0. The van der Waals surface area contributed by atoms with E-state index in [9.17, 15) is 9.59 Å². The first kappa shape index (κ1) is 16.2. The van der Waals surface area contributed by atoms with Crippen molar-refractivity contribution in [3.8, 4) is 0 Å². The normalized spacial score (nSPS) is 20.4. The number of rotatable bonds is 3. The zero-order chi connectivity index (χ0) is 16.2. The van der Waals surface area contributed by atoms with Crippen LogP contribution in [0.15, 0.2) is 35.2 Å².